The number of aliphatic carboxylic acids is 3. The summed E-state index contributed by atoms with van der Waals surface area (Å²) in [5.41, 5.74) is 0.695. The first-order valence-corrected chi connectivity index (χ1v) is 5.84. The van der Waals surface area contributed by atoms with Crippen LogP contribution in [0.15, 0.2) is 30.3 Å². The molecule has 0 heterocycles. The molecular formula is C13H15NO6. The van der Waals surface area contributed by atoms with Gasteiger partial charge in [0.15, 0.2) is 0 Å². The number of hydrogen-bond acceptors (Lipinski definition) is 4. The van der Waals surface area contributed by atoms with Gasteiger partial charge in [-0.05, 0) is 12.0 Å². The molecule has 7 nitrogen and oxygen atoms in total. The second kappa shape index (κ2) is 7.25. The summed E-state index contributed by atoms with van der Waals surface area (Å²) in [5, 5.41) is 26.7. The number of carboxylic acid groups (broad SMARTS) is 3. The molecule has 1 aromatic carbocycles. The van der Waals surface area contributed by atoms with Crippen LogP contribution < -0.4 is 0 Å². The number of rotatable bonds is 8. The van der Waals surface area contributed by atoms with Gasteiger partial charge in [0.05, 0.1) is 13.1 Å². The minimum absolute atomic E-state index is 0.0384. The molecule has 20 heavy (non-hydrogen) atoms. The van der Waals surface area contributed by atoms with E-state index in [4.69, 9.17) is 10.2 Å². The number of carboxylic acids is 3. The van der Waals surface area contributed by atoms with E-state index >= 15 is 0 Å². The first-order chi connectivity index (χ1) is 9.40. The maximum atomic E-state index is 11.3. The third kappa shape index (κ3) is 5.07. The topological polar surface area (TPSA) is 115 Å². The third-order valence-electron chi connectivity index (χ3n) is 2.67. The van der Waals surface area contributed by atoms with Crippen molar-refractivity contribution in [3.05, 3.63) is 35.9 Å². The summed E-state index contributed by atoms with van der Waals surface area (Å²) in [6.45, 7) is -1.29. The van der Waals surface area contributed by atoms with Crippen molar-refractivity contribution in [1.82, 2.24) is 4.90 Å². The highest BCUT2D eigenvalue weighted by molar-refractivity contribution is 5.78. The molecule has 0 saturated heterocycles. The Morgan fingerprint density at radius 1 is 0.950 bits per heavy atom. The molecule has 0 aromatic heterocycles. The van der Waals surface area contributed by atoms with Gasteiger partial charge in [-0.15, -0.1) is 0 Å². The van der Waals surface area contributed by atoms with Gasteiger partial charge < -0.3 is 15.3 Å². The van der Waals surface area contributed by atoms with Crippen LogP contribution in [0.2, 0.25) is 0 Å². The Kier molecular flexibility index (Phi) is 5.67. The highest BCUT2D eigenvalue weighted by Crippen LogP contribution is 2.09. The predicted molar refractivity (Wildman–Crippen MR) is 68.4 cm³/mol. The minimum Gasteiger partial charge on any atom is -0.480 e. The van der Waals surface area contributed by atoms with Crippen molar-refractivity contribution in [2.24, 2.45) is 0 Å². The molecule has 0 fully saturated rings. The van der Waals surface area contributed by atoms with Crippen LogP contribution in [0.4, 0.5) is 0 Å². The molecule has 0 aliphatic heterocycles. The van der Waals surface area contributed by atoms with E-state index in [9.17, 15) is 19.5 Å². The third-order valence-corrected chi connectivity index (χ3v) is 2.67. The van der Waals surface area contributed by atoms with E-state index < -0.39 is 37.0 Å². The van der Waals surface area contributed by atoms with Crippen molar-refractivity contribution in [3.8, 4) is 0 Å². The molecule has 3 N–H and O–H groups in total. The van der Waals surface area contributed by atoms with Crippen LogP contribution in [0.3, 0.4) is 0 Å². The Bertz CT molecular complexity index is 471. The van der Waals surface area contributed by atoms with Gasteiger partial charge in [-0.2, -0.15) is 0 Å². The van der Waals surface area contributed by atoms with Gasteiger partial charge in [-0.1, -0.05) is 30.3 Å². The maximum absolute atomic E-state index is 11.3. The fourth-order valence-corrected chi connectivity index (χ4v) is 1.83. The van der Waals surface area contributed by atoms with Gasteiger partial charge in [0.2, 0.25) is 0 Å². The zero-order chi connectivity index (χ0) is 15.1. The largest absolute Gasteiger partial charge is 0.480 e. The molecule has 1 aromatic rings. The number of nitrogens with zero attached hydrogens (tertiary/aromatic N) is 1. The molecule has 1 rings (SSSR count). The Morgan fingerprint density at radius 3 is 1.85 bits per heavy atom. The molecule has 0 amide bonds. The first-order valence-electron chi connectivity index (χ1n) is 5.84. The summed E-state index contributed by atoms with van der Waals surface area (Å²) >= 11 is 0. The lowest BCUT2D eigenvalue weighted by atomic mass is 10.0. The summed E-state index contributed by atoms with van der Waals surface area (Å²) in [7, 11) is 0. The van der Waals surface area contributed by atoms with Crippen LogP contribution in [0, 0.1) is 0 Å². The summed E-state index contributed by atoms with van der Waals surface area (Å²) < 4.78 is 0. The number of hydrogen-bond donors (Lipinski definition) is 3. The average Bonchev–Trinajstić information content (AvgIpc) is 2.35. The minimum atomic E-state index is -1.27. The molecule has 0 saturated carbocycles. The van der Waals surface area contributed by atoms with E-state index in [1.54, 1.807) is 30.3 Å². The number of benzene rings is 1. The van der Waals surface area contributed by atoms with Crippen molar-refractivity contribution in [2.45, 2.75) is 12.5 Å². The highest BCUT2D eigenvalue weighted by atomic mass is 16.4. The van der Waals surface area contributed by atoms with E-state index in [-0.39, 0.29) is 6.42 Å². The highest BCUT2D eigenvalue weighted by Gasteiger charge is 2.29. The maximum Gasteiger partial charge on any atom is 0.321 e. The van der Waals surface area contributed by atoms with E-state index in [1.165, 1.54) is 0 Å². The molecule has 0 aliphatic rings. The van der Waals surface area contributed by atoms with Crippen molar-refractivity contribution in [1.29, 1.82) is 0 Å². The van der Waals surface area contributed by atoms with E-state index in [0.29, 0.717) is 5.56 Å². The van der Waals surface area contributed by atoms with Crippen molar-refractivity contribution in [2.75, 3.05) is 13.1 Å². The van der Waals surface area contributed by atoms with Crippen LogP contribution in [-0.4, -0.2) is 57.3 Å². The normalized spacial score (nSPS) is 12.1. The summed E-state index contributed by atoms with van der Waals surface area (Å²) in [6, 6.07) is 7.43. The second-order valence-corrected chi connectivity index (χ2v) is 4.24. The Balaban J connectivity index is 2.92. The fourth-order valence-electron chi connectivity index (χ4n) is 1.83. The van der Waals surface area contributed by atoms with Gasteiger partial charge in [-0.3, -0.25) is 19.3 Å². The summed E-state index contributed by atoms with van der Waals surface area (Å²) in [4.78, 5) is 33.7. The van der Waals surface area contributed by atoms with Crippen molar-refractivity contribution >= 4 is 17.9 Å². The van der Waals surface area contributed by atoms with Gasteiger partial charge in [0, 0.05) is 0 Å². The van der Waals surface area contributed by atoms with Crippen LogP contribution in [0.25, 0.3) is 0 Å². The fraction of sp³-hybridized carbons (Fsp3) is 0.308. The summed E-state index contributed by atoms with van der Waals surface area (Å²) in [5.74, 6) is -3.80. The lowest BCUT2D eigenvalue weighted by Gasteiger charge is -2.25. The Morgan fingerprint density at radius 2 is 1.45 bits per heavy atom. The van der Waals surface area contributed by atoms with E-state index in [2.05, 4.69) is 0 Å². The van der Waals surface area contributed by atoms with Gasteiger partial charge in [0.1, 0.15) is 6.04 Å². The van der Waals surface area contributed by atoms with Gasteiger partial charge in [-0.25, -0.2) is 0 Å². The van der Waals surface area contributed by atoms with Crippen LogP contribution in [-0.2, 0) is 20.8 Å². The van der Waals surface area contributed by atoms with Crippen molar-refractivity contribution < 1.29 is 29.7 Å². The lowest BCUT2D eigenvalue weighted by Crippen LogP contribution is -2.47. The second-order valence-electron chi connectivity index (χ2n) is 4.24. The predicted octanol–water partition coefficient (Wildman–Crippen LogP) is 0.153. The first kappa shape index (κ1) is 15.6. The molecule has 0 bridgehead atoms. The molecule has 7 heteroatoms. The Hall–Kier alpha value is -2.41. The smallest absolute Gasteiger partial charge is 0.321 e. The van der Waals surface area contributed by atoms with E-state index in [1.807, 2.05) is 0 Å². The molecule has 0 radical (unpaired) electrons. The standard InChI is InChI=1S/C13H15NO6/c15-11(16)7-14(8-12(17)18)10(13(19)20)6-9-4-2-1-3-5-9/h1-5,10H,6-8H2,(H,15,16)(H,17,18)(H,19,20)/t10-/m0/s1. The monoisotopic (exact) mass is 281 g/mol. The SMILES string of the molecule is O=C(O)CN(CC(=O)O)[C@@H](Cc1ccccc1)C(=O)O. The molecule has 0 unspecified atom stereocenters. The Labute approximate surface area is 115 Å². The average molecular weight is 281 g/mol. The van der Waals surface area contributed by atoms with Gasteiger partial charge >= 0.3 is 17.9 Å². The quantitative estimate of drug-likeness (QED) is 0.621. The lowest BCUT2D eigenvalue weighted by molar-refractivity contribution is -0.149. The zero-order valence-corrected chi connectivity index (χ0v) is 10.6. The number of carbonyl (C=O) groups is 3. The summed E-state index contributed by atoms with van der Waals surface area (Å²) in [6.07, 6.45) is 0.0384. The molecular weight excluding hydrogens is 266 g/mol. The van der Waals surface area contributed by atoms with Gasteiger partial charge in [0.25, 0.3) is 0 Å². The molecule has 108 valence electrons. The van der Waals surface area contributed by atoms with Crippen LogP contribution >= 0.6 is 0 Å². The zero-order valence-electron chi connectivity index (χ0n) is 10.6. The molecule has 0 aliphatic carbocycles. The molecule has 1 atom stereocenters. The van der Waals surface area contributed by atoms with E-state index in [0.717, 1.165) is 4.90 Å². The van der Waals surface area contributed by atoms with Crippen LogP contribution in [0.5, 0.6) is 0 Å². The molecule has 0 spiro atoms. The van der Waals surface area contributed by atoms with Crippen LogP contribution in [0.1, 0.15) is 5.56 Å². The van der Waals surface area contributed by atoms with Crippen molar-refractivity contribution in [3.63, 3.8) is 0 Å².